The molecule has 2 atom stereocenters. The Kier molecular flexibility index (Phi) is 4.86. The first-order valence-corrected chi connectivity index (χ1v) is 8.85. The van der Waals surface area contributed by atoms with E-state index in [1.165, 1.54) is 12.4 Å². The third-order valence-electron chi connectivity index (χ3n) is 4.61. The maximum atomic E-state index is 12.6. The highest BCUT2D eigenvalue weighted by molar-refractivity contribution is 6.28. The van der Waals surface area contributed by atoms with E-state index in [2.05, 4.69) is 9.97 Å². The molecule has 0 aromatic carbocycles. The topological polar surface area (TPSA) is 75.6 Å². The summed E-state index contributed by atoms with van der Waals surface area (Å²) in [6.45, 7) is 8.22. The molecule has 25 heavy (non-hydrogen) atoms. The lowest BCUT2D eigenvalue weighted by Gasteiger charge is -2.35. The first-order valence-electron chi connectivity index (χ1n) is 8.47. The maximum Gasteiger partial charge on any atom is 0.410 e. The molecular weight excluding hydrogens is 344 g/mol. The van der Waals surface area contributed by atoms with Gasteiger partial charge in [0, 0.05) is 38.6 Å². The van der Waals surface area contributed by atoms with Crippen molar-refractivity contribution in [3.63, 3.8) is 0 Å². The summed E-state index contributed by atoms with van der Waals surface area (Å²) in [6.07, 6.45) is 3.51. The van der Waals surface area contributed by atoms with Crippen LogP contribution in [0.3, 0.4) is 0 Å². The van der Waals surface area contributed by atoms with Crippen LogP contribution in [-0.2, 0) is 4.74 Å². The van der Waals surface area contributed by atoms with Crippen LogP contribution in [0.2, 0.25) is 5.28 Å². The maximum absolute atomic E-state index is 12.6. The number of fused-ring (bicyclic) bond motifs is 1. The summed E-state index contributed by atoms with van der Waals surface area (Å²) in [5.74, 6) is 0.601. The Balaban J connectivity index is 1.61. The van der Waals surface area contributed by atoms with Crippen LogP contribution in [0.15, 0.2) is 12.4 Å². The molecule has 1 aromatic rings. The molecule has 136 valence electrons. The summed E-state index contributed by atoms with van der Waals surface area (Å²) in [4.78, 5) is 36.2. The van der Waals surface area contributed by atoms with Gasteiger partial charge in [-0.2, -0.15) is 0 Å². The van der Waals surface area contributed by atoms with Crippen LogP contribution in [0.25, 0.3) is 0 Å². The highest BCUT2D eigenvalue weighted by Crippen LogP contribution is 2.32. The van der Waals surface area contributed by atoms with Gasteiger partial charge in [-0.1, -0.05) is 0 Å². The van der Waals surface area contributed by atoms with Gasteiger partial charge in [-0.25, -0.2) is 14.8 Å². The molecule has 0 aliphatic carbocycles. The molecule has 2 fully saturated rings. The van der Waals surface area contributed by atoms with Crippen molar-refractivity contribution in [3.05, 3.63) is 23.2 Å². The molecule has 2 amide bonds. The monoisotopic (exact) mass is 366 g/mol. The smallest absolute Gasteiger partial charge is 0.410 e. The van der Waals surface area contributed by atoms with Crippen molar-refractivity contribution in [2.75, 3.05) is 26.2 Å². The molecule has 0 spiro atoms. The fourth-order valence-electron chi connectivity index (χ4n) is 3.43. The fourth-order valence-corrected chi connectivity index (χ4v) is 3.53. The van der Waals surface area contributed by atoms with Gasteiger partial charge in [0.25, 0.3) is 5.91 Å². The van der Waals surface area contributed by atoms with Gasteiger partial charge >= 0.3 is 6.09 Å². The summed E-state index contributed by atoms with van der Waals surface area (Å²) >= 11 is 5.67. The zero-order chi connectivity index (χ0) is 18.2. The number of nitrogens with zero attached hydrogens (tertiary/aromatic N) is 4. The van der Waals surface area contributed by atoms with E-state index < -0.39 is 5.60 Å². The highest BCUT2D eigenvalue weighted by atomic mass is 35.5. The predicted octanol–water partition coefficient (Wildman–Crippen LogP) is 2.46. The van der Waals surface area contributed by atoms with Crippen LogP contribution in [0.5, 0.6) is 0 Å². The zero-order valence-electron chi connectivity index (χ0n) is 14.7. The number of aromatic nitrogens is 2. The van der Waals surface area contributed by atoms with Crippen LogP contribution in [0.4, 0.5) is 4.79 Å². The van der Waals surface area contributed by atoms with Crippen LogP contribution >= 0.6 is 11.6 Å². The molecule has 7 nitrogen and oxygen atoms in total. The molecule has 0 radical (unpaired) electrons. The van der Waals surface area contributed by atoms with Gasteiger partial charge in [0.05, 0.1) is 5.56 Å². The fraction of sp³-hybridized carbons (Fsp3) is 0.647. The largest absolute Gasteiger partial charge is 0.444 e. The van der Waals surface area contributed by atoms with Crippen molar-refractivity contribution in [1.82, 2.24) is 19.8 Å². The summed E-state index contributed by atoms with van der Waals surface area (Å²) in [7, 11) is 0. The van der Waals surface area contributed by atoms with Crippen molar-refractivity contribution in [2.45, 2.75) is 32.8 Å². The second kappa shape index (κ2) is 6.78. The van der Waals surface area contributed by atoms with E-state index in [-0.39, 0.29) is 23.2 Å². The quantitative estimate of drug-likeness (QED) is 0.713. The Bertz CT molecular complexity index is 659. The number of halogens is 1. The minimum atomic E-state index is -0.500. The minimum Gasteiger partial charge on any atom is -0.444 e. The second-order valence-corrected chi connectivity index (χ2v) is 8.02. The van der Waals surface area contributed by atoms with Gasteiger partial charge in [-0.05, 0) is 50.6 Å². The van der Waals surface area contributed by atoms with Crippen molar-refractivity contribution in [2.24, 2.45) is 11.8 Å². The molecule has 0 bridgehead atoms. The van der Waals surface area contributed by atoms with Gasteiger partial charge in [0.2, 0.25) is 5.28 Å². The van der Waals surface area contributed by atoms with Crippen LogP contribution in [0.1, 0.15) is 37.6 Å². The van der Waals surface area contributed by atoms with Crippen molar-refractivity contribution >= 4 is 23.6 Å². The lowest BCUT2D eigenvalue weighted by Crippen LogP contribution is -2.45. The van der Waals surface area contributed by atoms with Gasteiger partial charge in [-0.3, -0.25) is 4.79 Å². The average Bonchev–Trinajstić information content (AvgIpc) is 2.96. The summed E-state index contributed by atoms with van der Waals surface area (Å²) in [5.41, 5.74) is -0.0627. The molecule has 3 heterocycles. The van der Waals surface area contributed by atoms with Crippen molar-refractivity contribution < 1.29 is 14.3 Å². The van der Waals surface area contributed by atoms with E-state index in [1.807, 2.05) is 25.7 Å². The summed E-state index contributed by atoms with van der Waals surface area (Å²) in [5, 5.41) is 0.125. The van der Waals surface area contributed by atoms with Crippen molar-refractivity contribution in [1.29, 1.82) is 0 Å². The average molecular weight is 367 g/mol. The van der Waals surface area contributed by atoms with E-state index >= 15 is 0 Å². The number of carbonyl (C=O) groups is 2. The van der Waals surface area contributed by atoms with Crippen LogP contribution in [0, 0.1) is 11.8 Å². The number of amides is 2. The second-order valence-electron chi connectivity index (χ2n) is 7.69. The van der Waals surface area contributed by atoms with Crippen LogP contribution in [-0.4, -0.2) is 63.5 Å². The minimum absolute atomic E-state index is 0.0881. The first-order chi connectivity index (χ1) is 11.7. The molecule has 2 aliphatic rings. The highest BCUT2D eigenvalue weighted by Gasteiger charge is 2.41. The third kappa shape index (κ3) is 4.21. The molecule has 0 N–H and O–H groups in total. The van der Waals surface area contributed by atoms with E-state index in [1.54, 1.807) is 4.90 Å². The van der Waals surface area contributed by atoms with Gasteiger partial charge in [0.15, 0.2) is 0 Å². The Labute approximate surface area is 152 Å². The Hall–Kier alpha value is -1.89. The molecule has 1 aromatic heterocycles. The number of carbonyl (C=O) groups excluding carboxylic acids is 2. The van der Waals surface area contributed by atoms with Crippen LogP contribution < -0.4 is 0 Å². The van der Waals surface area contributed by atoms with Gasteiger partial charge in [-0.15, -0.1) is 0 Å². The Morgan fingerprint density at radius 1 is 1.12 bits per heavy atom. The van der Waals surface area contributed by atoms with E-state index in [9.17, 15) is 9.59 Å². The molecular formula is C17H23ClN4O3. The Morgan fingerprint density at radius 3 is 2.36 bits per heavy atom. The molecule has 0 saturated carbocycles. The number of rotatable bonds is 1. The molecule has 2 aliphatic heterocycles. The standard InChI is InChI=1S/C17H23ClN4O3/c1-17(2,3)25-16(24)21-5-4-11-8-22(10-13(11)9-21)14(23)12-6-19-15(18)20-7-12/h6-7,11,13H,4-5,8-10H2,1-3H3/t11-,13+/m1/s1. The zero-order valence-corrected chi connectivity index (χ0v) is 15.5. The first kappa shape index (κ1) is 17.9. The van der Waals surface area contributed by atoms with Gasteiger partial charge < -0.3 is 14.5 Å². The van der Waals surface area contributed by atoms with E-state index in [0.717, 1.165) is 6.42 Å². The number of hydrogen-bond acceptors (Lipinski definition) is 5. The lowest BCUT2D eigenvalue weighted by molar-refractivity contribution is 0.0139. The molecule has 0 unspecified atom stereocenters. The van der Waals surface area contributed by atoms with Gasteiger partial charge in [0.1, 0.15) is 5.60 Å². The molecule has 3 rings (SSSR count). The number of ether oxygens (including phenoxy) is 1. The lowest BCUT2D eigenvalue weighted by atomic mass is 9.89. The number of hydrogen-bond donors (Lipinski definition) is 0. The summed E-state index contributed by atoms with van der Waals surface area (Å²) < 4.78 is 5.46. The molecule has 2 saturated heterocycles. The normalized spacial score (nSPS) is 23.4. The SMILES string of the molecule is CC(C)(C)OC(=O)N1CC[C@@H]2CN(C(=O)c3cnc(Cl)nc3)C[C@@H]2C1. The summed E-state index contributed by atoms with van der Waals surface area (Å²) in [6, 6.07) is 0. The predicted molar refractivity (Wildman–Crippen MR) is 92.3 cm³/mol. The Morgan fingerprint density at radius 2 is 1.72 bits per heavy atom. The number of piperidine rings is 1. The van der Waals surface area contributed by atoms with E-state index in [0.29, 0.717) is 37.7 Å². The van der Waals surface area contributed by atoms with Crippen molar-refractivity contribution in [3.8, 4) is 0 Å². The van der Waals surface area contributed by atoms with E-state index in [4.69, 9.17) is 16.3 Å². The number of likely N-dealkylation sites (tertiary alicyclic amines) is 2. The third-order valence-corrected chi connectivity index (χ3v) is 4.80. The molecule has 8 heteroatoms.